The Balaban J connectivity index is 2.91. The first-order chi connectivity index (χ1) is 10.8. The third kappa shape index (κ3) is 4.64. The van der Waals surface area contributed by atoms with Crippen LogP contribution in [0.1, 0.15) is 0 Å². The van der Waals surface area contributed by atoms with Gasteiger partial charge in [0.25, 0.3) is 0 Å². The third-order valence-electron chi connectivity index (χ3n) is 3.67. The summed E-state index contributed by atoms with van der Waals surface area (Å²) in [6, 6.07) is -2.69. The molecule has 1 heterocycles. The first-order valence-corrected chi connectivity index (χ1v) is 6.99. The minimum atomic E-state index is -1.69. The van der Waals surface area contributed by atoms with Crippen LogP contribution in [0.5, 0.6) is 0 Å². The van der Waals surface area contributed by atoms with E-state index in [2.05, 4.69) is 0 Å². The highest BCUT2D eigenvalue weighted by atomic mass is 16.7. The summed E-state index contributed by atoms with van der Waals surface area (Å²) >= 11 is 0. The third-order valence-corrected chi connectivity index (χ3v) is 3.67. The molecule has 0 amide bonds. The van der Waals surface area contributed by atoms with Gasteiger partial charge in [0.1, 0.15) is 42.9 Å². The second-order valence-electron chi connectivity index (χ2n) is 5.34. The van der Waals surface area contributed by atoms with Crippen LogP contribution in [-0.4, -0.2) is 105 Å². The van der Waals surface area contributed by atoms with Gasteiger partial charge >= 0.3 is 0 Å². The fourth-order valence-electron chi connectivity index (χ4n) is 2.18. The summed E-state index contributed by atoms with van der Waals surface area (Å²) in [5.41, 5.74) is 11.0. The quantitative estimate of drug-likeness (QED) is 0.195. The average molecular weight is 340 g/mol. The molecule has 1 rings (SSSR count). The van der Waals surface area contributed by atoms with Crippen molar-refractivity contribution in [3.05, 3.63) is 0 Å². The number of carbonyl (C=O) groups is 1. The molecule has 0 bridgehead atoms. The van der Waals surface area contributed by atoms with E-state index in [4.69, 9.17) is 31.2 Å². The highest BCUT2D eigenvalue weighted by molar-refractivity contribution is 5.58. The van der Waals surface area contributed by atoms with Crippen molar-refractivity contribution in [3.63, 3.8) is 0 Å². The van der Waals surface area contributed by atoms with Crippen LogP contribution in [0.2, 0.25) is 0 Å². The topological polar surface area (TPSA) is 209 Å². The molecular weight excluding hydrogens is 316 g/mol. The van der Waals surface area contributed by atoms with Crippen molar-refractivity contribution >= 4 is 6.29 Å². The lowest BCUT2D eigenvalue weighted by molar-refractivity contribution is -0.295. The molecule has 0 spiro atoms. The van der Waals surface area contributed by atoms with E-state index in [0.717, 1.165) is 0 Å². The second-order valence-corrected chi connectivity index (χ2v) is 5.34. The highest BCUT2D eigenvalue weighted by Gasteiger charge is 2.45. The zero-order valence-electron chi connectivity index (χ0n) is 12.3. The summed E-state index contributed by atoms with van der Waals surface area (Å²) in [5.74, 6) is 0. The van der Waals surface area contributed by atoms with Gasteiger partial charge in [-0.05, 0) is 0 Å². The van der Waals surface area contributed by atoms with Gasteiger partial charge in [0.15, 0.2) is 6.29 Å². The van der Waals surface area contributed by atoms with Gasteiger partial charge in [-0.2, -0.15) is 0 Å². The van der Waals surface area contributed by atoms with Crippen LogP contribution < -0.4 is 11.5 Å². The van der Waals surface area contributed by atoms with Gasteiger partial charge < -0.3 is 56.4 Å². The Morgan fingerprint density at radius 2 is 1.83 bits per heavy atom. The van der Waals surface area contributed by atoms with Crippen molar-refractivity contribution in [2.24, 2.45) is 11.5 Å². The number of aliphatic hydroxyl groups excluding tert-OH is 6. The zero-order valence-corrected chi connectivity index (χ0v) is 12.3. The van der Waals surface area contributed by atoms with Gasteiger partial charge in [-0.25, -0.2) is 0 Å². The minimum Gasteiger partial charge on any atom is -0.394 e. The summed E-state index contributed by atoms with van der Waals surface area (Å²) in [4.78, 5) is 10.7. The number of carbonyl (C=O) groups excluding carboxylic acids is 1. The molecule has 0 radical (unpaired) electrons. The van der Waals surface area contributed by atoms with E-state index in [-0.39, 0.29) is 6.29 Å². The fraction of sp³-hybridized carbons (Fsp3) is 0.917. The minimum absolute atomic E-state index is 0.224. The molecule has 136 valence electrons. The lowest BCUT2D eigenvalue weighted by Crippen LogP contribution is -2.64. The Morgan fingerprint density at radius 1 is 1.22 bits per heavy atom. The summed E-state index contributed by atoms with van der Waals surface area (Å²) in [7, 11) is 0. The summed E-state index contributed by atoms with van der Waals surface area (Å²) in [6.45, 7) is -1.46. The Kier molecular flexibility index (Phi) is 7.89. The molecule has 9 atom stereocenters. The molecule has 9 unspecified atom stereocenters. The normalized spacial score (nSPS) is 37.0. The van der Waals surface area contributed by atoms with E-state index in [0.29, 0.717) is 0 Å². The Hall–Kier alpha value is -0.730. The number of rotatable bonds is 8. The summed E-state index contributed by atoms with van der Waals surface area (Å²) in [6.07, 6.45) is -10.3. The maximum absolute atomic E-state index is 10.7. The fourth-order valence-corrected chi connectivity index (χ4v) is 2.18. The molecule has 1 saturated heterocycles. The van der Waals surface area contributed by atoms with Crippen LogP contribution >= 0.6 is 0 Å². The largest absolute Gasteiger partial charge is 0.394 e. The van der Waals surface area contributed by atoms with Crippen molar-refractivity contribution < 1.29 is 44.9 Å². The summed E-state index contributed by atoms with van der Waals surface area (Å²) < 4.78 is 10.4. The van der Waals surface area contributed by atoms with Gasteiger partial charge in [-0.15, -0.1) is 0 Å². The molecule has 0 saturated carbocycles. The number of aliphatic hydroxyl groups is 6. The molecule has 0 aromatic heterocycles. The van der Waals surface area contributed by atoms with Crippen LogP contribution in [0.4, 0.5) is 0 Å². The molecule has 0 aromatic rings. The van der Waals surface area contributed by atoms with E-state index in [1.165, 1.54) is 0 Å². The standard InChI is InChI=1S/C12H24N2O9/c13-4(1-15)8(19)11(5(18)2-16)23-12-7(14)10(21)9(20)6(3-17)22-12/h1,4-12,16-21H,2-3,13-14H2. The van der Waals surface area contributed by atoms with E-state index in [1.807, 2.05) is 0 Å². The lowest BCUT2D eigenvalue weighted by Gasteiger charge is -2.42. The molecule has 1 fully saturated rings. The number of aldehydes is 1. The first-order valence-electron chi connectivity index (χ1n) is 6.99. The van der Waals surface area contributed by atoms with E-state index >= 15 is 0 Å². The molecule has 10 N–H and O–H groups in total. The molecule has 0 aliphatic carbocycles. The van der Waals surface area contributed by atoms with Gasteiger partial charge in [0.05, 0.1) is 25.3 Å². The lowest BCUT2D eigenvalue weighted by atomic mass is 9.97. The van der Waals surface area contributed by atoms with Crippen LogP contribution in [0.25, 0.3) is 0 Å². The maximum atomic E-state index is 10.7. The van der Waals surface area contributed by atoms with E-state index < -0.39 is 68.2 Å². The first kappa shape index (κ1) is 20.3. The van der Waals surface area contributed by atoms with Crippen molar-refractivity contribution in [1.82, 2.24) is 0 Å². The maximum Gasteiger partial charge on any atom is 0.176 e. The van der Waals surface area contributed by atoms with Crippen molar-refractivity contribution in [1.29, 1.82) is 0 Å². The van der Waals surface area contributed by atoms with Crippen LogP contribution in [0.15, 0.2) is 0 Å². The zero-order chi connectivity index (χ0) is 17.7. The number of hydrogen-bond acceptors (Lipinski definition) is 11. The van der Waals surface area contributed by atoms with E-state index in [9.17, 15) is 25.2 Å². The highest BCUT2D eigenvalue weighted by Crippen LogP contribution is 2.23. The van der Waals surface area contributed by atoms with Crippen LogP contribution in [-0.2, 0) is 14.3 Å². The molecule has 0 aromatic carbocycles. The smallest absolute Gasteiger partial charge is 0.176 e. The molecule has 11 nitrogen and oxygen atoms in total. The van der Waals surface area contributed by atoms with Crippen molar-refractivity contribution in [3.8, 4) is 0 Å². The number of nitrogens with two attached hydrogens (primary N) is 2. The van der Waals surface area contributed by atoms with Gasteiger partial charge in [0, 0.05) is 0 Å². The van der Waals surface area contributed by atoms with Crippen LogP contribution in [0, 0.1) is 0 Å². The number of ether oxygens (including phenoxy) is 2. The van der Waals surface area contributed by atoms with Crippen molar-refractivity contribution in [2.45, 2.75) is 55.0 Å². The second kappa shape index (κ2) is 8.94. The van der Waals surface area contributed by atoms with Gasteiger partial charge in [-0.3, -0.25) is 0 Å². The Labute approximate surface area is 132 Å². The molecule has 23 heavy (non-hydrogen) atoms. The Morgan fingerprint density at radius 3 is 2.30 bits per heavy atom. The van der Waals surface area contributed by atoms with Gasteiger partial charge in [-0.1, -0.05) is 0 Å². The predicted molar refractivity (Wildman–Crippen MR) is 73.7 cm³/mol. The van der Waals surface area contributed by atoms with Crippen LogP contribution in [0.3, 0.4) is 0 Å². The molecule has 1 aliphatic heterocycles. The molecule has 11 heteroatoms. The van der Waals surface area contributed by atoms with Gasteiger partial charge in [0.2, 0.25) is 0 Å². The molecular formula is C12H24N2O9. The number of hydrogen-bond donors (Lipinski definition) is 8. The monoisotopic (exact) mass is 340 g/mol. The van der Waals surface area contributed by atoms with E-state index in [1.54, 1.807) is 0 Å². The van der Waals surface area contributed by atoms with Crippen molar-refractivity contribution in [2.75, 3.05) is 13.2 Å². The SMILES string of the molecule is NC(C=O)C(O)C(OC1OC(CO)C(O)C(O)C1N)C(O)CO. The molecule has 1 aliphatic rings. The summed E-state index contributed by atoms with van der Waals surface area (Å²) in [5, 5.41) is 57.3. The average Bonchev–Trinajstić information content (AvgIpc) is 2.57. The Bertz CT molecular complexity index is 372. The predicted octanol–water partition coefficient (Wildman–Crippen LogP) is -5.62.